The molecule has 0 amide bonds. The minimum Gasteiger partial charge on any atom is -0.462 e. The van der Waals surface area contributed by atoms with Crippen molar-refractivity contribution < 1.29 is 80.2 Å². The Labute approximate surface area is 626 Å². The second-order valence-corrected chi connectivity index (χ2v) is 33.3. The molecule has 0 heterocycles. The van der Waals surface area contributed by atoms with E-state index < -0.39 is 97.5 Å². The molecule has 0 aromatic rings. The van der Waals surface area contributed by atoms with Crippen LogP contribution in [0, 0.1) is 11.8 Å². The highest BCUT2D eigenvalue weighted by Crippen LogP contribution is 2.45. The average molecular weight is 1490 g/mol. The van der Waals surface area contributed by atoms with Crippen LogP contribution in [0.2, 0.25) is 0 Å². The number of aliphatic hydroxyl groups is 1. The van der Waals surface area contributed by atoms with Crippen LogP contribution in [0.3, 0.4) is 0 Å². The number of unbranched alkanes of at least 4 members (excludes halogenated alkanes) is 50. The van der Waals surface area contributed by atoms with Crippen molar-refractivity contribution in [2.75, 3.05) is 39.6 Å². The van der Waals surface area contributed by atoms with E-state index in [1.54, 1.807) is 0 Å². The molecule has 0 aromatic carbocycles. The molecular formula is C83H162O17P2. The van der Waals surface area contributed by atoms with E-state index in [1.165, 1.54) is 257 Å². The van der Waals surface area contributed by atoms with Gasteiger partial charge in [-0.3, -0.25) is 37.3 Å². The van der Waals surface area contributed by atoms with Crippen LogP contribution in [-0.2, 0) is 65.4 Å². The highest BCUT2D eigenvalue weighted by Gasteiger charge is 2.30. The summed E-state index contributed by atoms with van der Waals surface area (Å²) in [6.45, 7) is 9.76. The second-order valence-electron chi connectivity index (χ2n) is 30.4. The summed E-state index contributed by atoms with van der Waals surface area (Å²) in [5, 5.41) is 10.6. The number of rotatable bonds is 82. The summed E-state index contributed by atoms with van der Waals surface area (Å²) < 4.78 is 68.7. The first kappa shape index (κ1) is 100. The molecule has 606 valence electrons. The Bertz CT molecular complexity index is 1960. The van der Waals surface area contributed by atoms with E-state index in [0.717, 1.165) is 102 Å². The Hall–Kier alpha value is -1.94. The van der Waals surface area contributed by atoms with Crippen LogP contribution < -0.4 is 0 Å². The number of ether oxygens (including phenoxy) is 4. The first-order chi connectivity index (χ1) is 49.4. The van der Waals surface area contributed by atoms with Gasteiger partial charge in [0.05, 0.1) is 26.4 Å². The Morgan fingerprint density at radius 3 is 0.696 bits per heavy atom. The van der Waals surface area contributed by atoms with E-state index in [0.29, 0.717) is 25.7 Å². The number of hydrogen-bond donors (Lipinski definition) is 3. The lowest BCUT2D eigenvalue weighted by Gasteiger charge is -2.21. The van der Waals surface area contributed by atoms with Gasteiger partial charge in [-0.05, 0) is 37.5 Å². The number of esters is 4. The molecule has 0 fully saturated rings. The number of hydrogen-bond acceptors (Lipinski definition) is 15. The summed E-state index contributed by atoms with van der Waals surface area (Å²) in [5.41, 5.74) is 0. The molecule has 0 aromatic heterocycles. The molecule has 3 N–H and O–H groups in total. The first-order valence-electron chi connectivity index (χ1n) is 43.1. The van der Waals surface area contributed by atoms with Crippen LogP contribution in [0.5, 0.6) is 0 Å². The molecule has 0 saturated heterocycles. The van der Waals surface area contributed by atoms with Crippen molar-refractivity contribution in [1.82, 2.24) is 0 Å². The van der Waals surface area contributed by atoms with Gasteiger partial charge in [0, 0.05) is 25.7 Å². The summed E-state index contributed by atoms with van der Waals surface area (Å²) in [7, 11) is -9.92. The van der Waals surface area contributed by atoms with Gasteiger partial charge < -0.3 is 33.8 Å². The predicted molar refractivity (Wildman–Crippen MR) is 418 cm³/mol. The molecule has 0 radical (unpaired) electrons. The van der Waals surface area contributed by atoms with Crippen LogP contribution in [-0.4, -0.2) is 96.7 Å². The number of carbonyl (C=O) groups excluding carboxylic acids is 4. The quantitative estimate of drug-likeness (QED) is 0.0222. The molecule has 7 atom stereocenters. The van der Waals surface area contributed by atoms with E-state index in [4.69, 9.17) is 37.0 Å². The van der Waals surface area contributed by atoms with Crippen LogP contribution in [0.1, 0.15) is 440 Å². The monoisotopic (exact) mass is 1490 g/mol. The van der Waals surface area contributed by atoms with Gasteiger partial charge in [0.1, 0.15) is 19.3 Å². The molecule has 0 spiro atoms. The molecule has 19 heteroatoms. The molecule has 102 heavy (non-hydrogen) atoms. The lowest BCUT2D eigenvalue weighted by molar-refractivity contribution is -0.161. The summed E-state index contributed by atoms with van der Waals surface area (Å²) in [5.74, 6) is -0.384. The van der Waals surface area contributed by atoms with Crippen LogP contribution in [0.25, 0.3) is 0 Å². The Kier molecular flexibility index (Phi) is 73.1. The number of aliphatic hydroxyl groups excluding tert-OH is 1. The van der Waals surface area contributed by atoms with E-state index in [2.05, 4.69) is 41.5 Å². The zero-order chi connectivity index (χ0) is 74.9. The minimum absolute atomic E-state index is 0.108. The third-order valence-corrected chi connectivity index (χ3v) is 22.1. The lowest BCUT2D eigenvalue weighted by Crippen LogP contribution is -2.30. The van der Waals surface area contributed by atoms with Crippen molar-refractivity contribution in [3.63, 3.8) is 0 Å². The van der Waals surface area contributed by atoms with E-state index in [-0.39, 0.29) is 25.7 Å². The van der Waals surface area contributed by atoms with Gasteiger partial charge in [0.2, 0.25) is 0 Å². The number of carbonyl (C=O) groups is 4. The van der Waals surface area contributed by atoms with Crippen LogP contribution in [0.4, 0.5) is 0 Å². The van der Waals surface area contributed by atoms with Gasteiger partial charge in [0.25, 0.3) is 0 Å². The fraction of sp³-hybridized carbons (Fsp3) is 0.952. The predicted octanol–water partition coefficient (Wildman–Crippen LogP) is 25.1. The maximum Gasteiger partial charge on any atom is 0.472 e. The fourth-order valence-corrected chi connectivity index (χ4v) is 14.4. The van der Waals surface area contributed by atoms with Crippen molar-refractivity contribution in [3.8, 4) is 0 Å². The largest absolute Gasteiger partial charge is 0.472 e. The maximum atomic E-state index is 13.1. The minimum atomic E-state index is -4.96. The third kappa shape index (κ3) is 73.6. The topological polar surface area (TPSA) is 237 Å². The summed E-state index contributed by atoms with van der Waals surface area (Å²) in [6.07, 6.45) is 65.1. The van der Waals surface area contributed by atoms with E-state index >= 15 is 0 Å². The Morgan fingerprint density at radius 1 is 0.275 bits per heavy atom. The van der Waals surface area contributed by atoms with Crippen molar-refractivity contribution in [1.29, 1.82) is 0 Å². The molecule has 4 unspecified atom stereocenters. The first-order valence-corrected chi connectivity index (χ1v) is 46.1. The average Bonchev–Trinajstić information content (AvgIpc) is 0.919. The van der Waals surface area contributed by atoms with Gasteiger partial charge in [0.15, 0.2) is 12.2 Å². The molecule has 0 bridgehead atoms. The third-order valence-electron chi connectivity index (χ3n) is 20.2. The van der Waals surface area contributed by atoms with Crippen molar-refractivity contribution >= 4 is 39.5 Å². The maximum absolute atomic E-state index is 13.1. The molecule has 17 nitrogen and oxygen atoms in total. The van der Waals surface area contributed by atoms with E-state index in [9.17, 15) is 43.2 Å². The molecular weight excluding hydrogens is 1330 g/mol. The van der Waals surface area contributed by atoms with Gasteiger partial charge in [-0.15, -0.1) is 0 Å². The van der Waals surface area contributed by atoms with E-state index in [1.807, 2.05) is 0 Å². The summed E-state index contributed by atoms with van der Waals surface area (Å²) in [4.78, 5) is 73.0. The van der Waals surface area contributed by atoms with Gasteiger partial charge >= 0.3 is 39.5 Å². The molecule has 0 saturated carbocycles. The zero-order valence-corrected chi connectivity index (χ0v) is 68.7. The van der Waals surface area contributed by atoms with Crippen molar-refractivity contribution in [2.24, 2.45) is 11.8 Å². The Morgan fingerprint density at radius 2 is 0.471 bits per heavy atom. The second kappa shape index (κ2) is 74.5. The normalized spacial score (nSPS) is 14.4. The van der Waals surface area contributed by atoms with Crippen molar-refractivity contribution in [3.05, 3.63) is 0 Å². The standard InChI is InChI=1S/C83H162O17P2/c1-7-11-13-15-17-19-21-36-43-49-55-61-67-82(87)99-78(71-93-80(85)65-59-53-47-41-20-18-16-14-12-8-2)73-97-101(89,90)95-69-77(84)70-96-102(91,92)98-74-79(72-94-81(86)66-60-54-48-42-37-32-29-28-31-35-40-46-52-58-64-76(6)10-4)100-83(88)68-62-56-50-44-38-33-27-25-23-22-24-26-30-34-39-45-51-57-63-75(5)9-3/h75-79,84H,7-74H2,1-6H3,(H,89,90)(H,91,92)/t75?,76?,77-,78+,79+/m0/s1. The number of phosphoric acid groups is 2. The SMILES string of the molecule is CCCCCCCCCCCCCCC(=O)O[C@H](COC(=O)CCCCCCCCCCCC)COP(=O)(O)OC[C@H](O)COP(=O)(O)OC[C@@H](COC(=O)CCCCCCCCCCCCCCCCC(C)CC)OC(=O)CCCCCCCCCCCCCCCCCCCCC(C)CC. The highest BCUT2D eigenvalue weighted by atomic mass is 31.2. The van der Waals surface area contributed by atoms with Crippen molar-refractivity contribution in [2.45, 2.75) is 458 Å². The van der Waals surface area contributed by atoms with Crippen LogP contribution >= 0.6 is 15.6 Å². The Balaban J connectivity index is 5.21. The zero-order valence-electron chi connectivity index (χ0n) is 66.9. The molecule has 0 rings (SSSR count). The molecule has 0 aliphatic heterocycles. The van der Waals surface area contributed by atoms with Gasteiger partial charge in [-0.25, -0.2) is 9.13 Å². The van der Waals surface area contributed by atoms with Gasteiger partial charge in [-0.2, -0.15) is 0 Å². The molecule has 0 aliphatic rings. The lowest BCUT2D eigenvalue weighted by atomic mass is 9.99. The highest BCUT2D eigenvalue weighted by molar-refractivity contribution is 7.47. The number of phosphoric ester groups is 2. The summed E-state index contributed by atoms with van der Waals surface area (Å²) >= 11 is 0. The fourth-order valence-electron chi connectivity index (χ4n) is 12.8. The smallest absolute Gasteiger partial charge is 0.462 e. The molecule has 0 aliphatic carbocycles. The van der Waals surface area contributed by atoms with Crippen LogP contribution in [0.15, 0.2) is 0 Å². The van der Waals surface area contributed by atoms with Gasteiger partial charge in [-0.1, -0.05) is 388 Å². The summed E-state index contributed by atoms with van der Waals surface area (Å²) in [6, 6.07) is 0.